The molecule has 0 bridgehead atoms. The standard InChI is InChI=1S/C14H15BrN2O5S/c1-4-23(20,21)17-10-6-11-8(5-9(10)15)12(14(19)16-3)13(22-11)7(2)18/h5-6,17H,4H2,1-3H3,(H,16,19). The van der Waals surface area contributed by atoms with Gasteiger partial charge in [0.1, 0.15) is 5.58 Å². The zero-order valence-electron chi connectivity index (χ0n) is 12.7. The lowest BCUT2D eigenvalue weighted by Crippen LogP contribution is -2.19. The minimum atomic E-state index is -3.47. The molecule has 0 radical (unpaired) electrons. The lowest BCUT2D eigenvalue weighted by atomic mass is 10.1. The highest BCUT2D eigenvalue weighted by atomic mass is 79.9. The number of amides is 1. The van der Waals surface area contributed by atoms with E-state index in [4.69, 9.17) is 4.42 Å². The first-order valence-corrected chi connectivity index (χ1v) is 9.14. The Hall–Kier alpha value is -1.87. The van der Waals surface area contributed by atoms with Crippen LogP contribution in [0.1, 0.15) is 34.8 Å². The first-order valence-electron chi connectivity index (χ1n) is 6.69. The molecule has 0 spiro atoms. The highest BCUT2D eigenvalue weighted by Crippen LogP contribution is 2.34. The predicted octanol–water partition coefficient (Wildman–Crippen LogP) is 2.52. The van der Waals surface area contributed by atoms with Crippen molar-refractivity contribution < 1.29 is 22.4 Å². The smallest absolute Gasteiger partial charge is 0.255 e. The summed E-state index contributed by atoms with van der Waals surface area (Å²) in [6, 6.07) is 2.98. The Morgan fingerprint density at radius 1 is 1.30 bits per heavy atom. The van der Waals surface area contributed by atoms with E-state index in [2.05, 4.69) is 26.0 Å². The summed E-state index contributed by atoms with van der Waals surface area (Å²) in [6.45, 7) is 2.80. The van der Waals surface area contributed by atoms with Crippen LogP contribution in [-0.4, -0.2) is 32.9 Å². The van der Waals surface area contributed by atoms with Crippen LogP contribution in [0.2, 0.25) is 0 Å². The Balaban J connectivity index is 2.70. The number of Topliss-reactive ketones (excluding diaryl/α,β-unsaturated/α-hetero) is 1. The average molecular weight is 403 g/mol. The van der Waals surface area contributed by atoms with E-state index < -0.39 is 21.7 Å². The highest BCUT2D eigenvalue weighted by molar-refractivity contribution is 9.10. The Bertz CT molecular complexity index is 902. The summed E-state index contributed by atoms with van der Waals surface area (Å²) in [7, 11) is -2.02. The van der Waals surface area contributed by atoms with Gasteiger partial charge in [-0.1, -0.05) is 0 Å². The highest BCUT2D eigenvalue weighted by Gasteiger charge is 2.24. The van der Waals surface area contributed by atoms with Crippen LogP contribution in [0.15, 0.2) is 21.0 Å². The number of carbonyl (C=O) groups excluding carboxylic acids is 2. The van der Waals surface area contributed by atoms with Crippen molar-refractivity contribution in [2.75, 3.05) is 17.5 Å². The number of rotatable bonds is 5. The van der Waals surface area contributed by atoms with Crippen LogP contribution >= 0.6 is 15.9 Å². The van der Waals surface area contributed by atoms with Crippen molar-refractivity contribution >= 4 is 54.3 Å². The van der Waals surface area contributed by atoms with E-state index in [0.717, 1.165) is 0 Å². The molecule has 2 N–H and O–H groups in total. The van der Waals surface area contributed by atoms with Crippen molar-refractivity contribution in [3.63, 3.8) is 0 Å². The number of benzene rings is 1. The second-order valence-corrected chi connectivity index (χ2v) is 7.64. The molecule has 0 saturated carbocycles. The lowest BCUT2D eigenvalue weighted by Gasteiger charge is -2.08. The average Bonchev–Trinajstić information content (AvgIpc) is 2.85. The summed E-state index contributed by atoms with van der Waals surface area (Å²) in [5.74, 6) is -1.01. The van der Waals surface area contributed by atoms with Crippen molar-refractivity contribution in [3.8, 4) is 0 Å². The molecule has 0 aliphatic rings. The number of hydrogen-bond donors (Lipinski definition) is 2. The molecule has 0 fully saturated rings. The molecule has 124 valence electrons. The molecular formula is C14H15BrN2O5S. The van der Waals surface area contributed by atoms with Gasteiger partial charge in [-0.15, -0.1) is 0 Å². The van der Waals surface area contributed by atoms with Crippen LogP contribution in [0.25, 0.3) is 11.0 Å². The first-order chi connectivity index (χ1) is 10.7. The van der Waals surface area contributed by atoms with Crippen molar-refractivity contribution in [3.05, 3.63) is 27.9 Å². The molecule has 0 aliphatic heterocycles. The number of carbonyl (C=O) groups is 2. The first kappa shape index (κ1) is 17.5. The summed E-state index contributed by atoms with van der Waals surface area (Å²) < 4.78 is 31.7. The van der Waals surface area contributed by atoms with Crippen molar-refractivity contribution in [2.45, 2.75) is 13.8 Å². The van der Waals surface area contributed by atoms with E-state index in [-0.39, 0.29) is 28.3 Å². The minimum Gasteiger partial charge on any atom is -0.452 e. The number of furan rings is 1. The van der Waals surface area contributed by atoms with Gasteiger partial charge < -0.3 is 9.73 Å². The van der Waals surface area contributed by atoms with Crippen molar-refractivity contribution in [1.29, 1.82) is 0 Å². The van der Waals surface area contributed by atoms with E-state index in [0.29, 0.717) is 9.86 Å². The van der Waals surface area contributed by atoms with E-state index >= 15 is 0 Å². The Morgan fingerprint density at radius 2 is 1.96 bits per heavy atom. The summed E-state index contributed by atoms with van der Waals surface area (Å²) in [5.41, 5.74) is 0.637. The quantitative estimate of drug-likeness (QED) is 0.747. The van der Waals surface area contributed by atoms with Crippen LogP contribution in [0.5, 0.6) is 0 Å². The third kappa shape index (κ3) is 3.40. The fraction of sp³-hybridized carbons (Fsp3) is 0.286. The molecule has 0 aliphatic carbocycles. The molecule has 1 heterocycles. The maximum absolute atomic E-state index is 12.0. The fourth-order valence-electron chi connectivity index (χ4n) is 2.03. The van der Waals surface area contributed by atoms with E-state index in [9.17, 15) is 18.0 Å². The van der Waals surface area contributed by atoms with Gasteiger partial charge in [0.05, 0.1) is 17.0 Å². The number of anilines is 1. The molecule has 1 aromatic heterocycles. The second kappa shape index (κ2) is 6.32. The van der Waals surface area contributed by atoms with Gasteiger partial charge in [-0.3, -0.25) is 14.3 Å². The largest absolute Gasteiger partial charge is 0.452 e. The number of nitrogens with one attached hydrogen (secondary N) is 2. The zero-order chi connectivity index (χ0) is 17.4. The third-order valence-electron chi connectivity index (χ3n) is 3.20. The second-order valence-electron chi connectivity index (χ2n) is 4.78. The Labute approximate surface area is 141 Å². The lowest BCUT2D eigenvalue weighted by molar-refractivity contribution is 0.0937. The Kier molecular flexibility index (Phi) is 4.81. The topological polar surface area (TPSA) is 105 Å². The number of fused-ring (bicyclic) bond motifs is 1. The monoisotopic (exact) mass is 402 g/mol. The fourth-order valence-corrected chi connectivity index (χ4v) is 3.25. The maximum Gasteiger partial charge on any atom is 0.255 e. The van der Waals surface area contributed by atoms with Gasteiger partial charge in [0.2, 0.25) is 10.0 Å². The number of ketones is 1. The number of hydrogen-bond acceptors (Lipinski definition) is 5. The van der Waals surface area contributed by atoms with E-state index in [1.54, 1.807) is 6.07 Å². The van der Waals surface area contributed by atoms with Gasteiger partial charge in [-0.05, 0) is 28.9 Å². The summed E-state index contributed by atoms with van der Waals surface area (Å²) >= 11 is 3.27. The van der Waals surface area contributed by atoms with Crippen molar-refractivity contribution in [1.82, 2.24) is 5.32 Å². The van der Waals surface area contributed by atoms with Crippen LogP contribution in [0, 0.1) is 0 Å². The number of sulfonamides is 1. The molecule has 2 aromatic rings. The van der Waals surface area contributed by atoms with Gasteiger partial charge in [0.15, 0.2) is 11.5 Å². The molecule has 23 heavy (non-hydrogen) atoms. The van der Waals surface area contributed by atoms with Crippen molar-refractivity contribution in [2.24, 2.45) is 0 Å². The zero-order valence-corrected chi connectivity index (χ0v) is 15.1. The number of halogens is 1. The Morgan fingerprint density at radius 3 is 2.48 bits per heavy atom. The van der Waals surface area contributed by atoms with Crippen LogP contribution in [-0.2, 0) is 10.0 Å². The molecule has 1 amide bonds. The predicted molar refractivity (Wildman–Crippen MR) is 90.4 cm³/mol. The van der Waals surface area contributed by atoms with Gasteiger partial charge in [-0.25, -0.2) is 8.42 Å². The summed E-state index contributed by atoms with van der Waals surface area (Å²) in [5, 5.41) is 2.88. The van der Waals surface area contributed by atoms with Crippen LogP contribution < -0.4 is 10.0 Å². The molecule has 2 rings (SSSR count). The van der Waals surface area contributed by atoms with Gasteiger partial charge >= 0.3 is 0 Å². The van der Waals surface area contributed by atoms with Crippen LogP contribution in [0.3, 0.4) is 0 Å². The maximum atomic E-state index is 12.0. The molecular weight excluding hydrogens is 388 g/mol. The minimum absolute atomic E-state index is 0.0678. The molecule has 0 atom stereocenters. The summed E-state index contributed by atoms with van der Waals surface area (Å²) in [4.78, 5) is 23.7. The molecule has 0 saturated heterocycles. The molecule has 7 nitrogen and oxygen atoms in total. The van der Waals surface area contributed by atoms with E-state index in [1.165, 1.54) is 27.0 Å². The molecule has 9 heteroatoms. The summed E-state index contributed by atoms with van der Waals surface area (Å²) in [6.07, 6.45) is 0. The molecule has 1 aromatic carbocycles. The van der Waals surface area contributed by atoms with Gasteiger partial charge in [0.25, 0.3) is 5.91 Å². The SMILES string of the molecule is CCS(=O)(=O)Nc1cc2oc(C(C)=O)c(C(=O)NC)c2cc1Br. The van der Waals surface area contributed by atoms with Gasteiger partial charge in [-0.2, -0.15) is 0 Å². The normalized spacial score (nSPS) is 11.5. The van der Waals surface area contributed by atoms with Crippen LogP contribution in [0.4, 0.5) is 5.69 Å². The van der Waals surface area contributed by atoms with E-state index in [1.807, 2.05) is 0 Å². The molecule has 0 unspecified atom stereocenters. The third-order valence-corrected chi connectivity index (χ3v) is 5.14. The van der Waals surface area contributed by atoms with Gasteiger partial charge in [0, 0.05) is 29.9 Å².